The van der Waals surface area contributed by atoms with Crippen molar-refractivity contribution in [1.82, 2.24) is 24.3 Å². The van der Waals surface area contributed by atoms with Crippen LogP contribution in [0, 0.1) is 0 Å². The van der Waals surface area contributed by atoms with E-state index in [9.17, 15) is 9.90 Å². The van der Waals surface area contributed by atoms with Crippen molar-refractivity contribution in [1.29, 1.82) is 0 Å². The number of aliphatic hydroxyl groups excluding tert-OH is 1. The summed E-state index contributed by atoms with van der Waals surface area (Å²) in [5, 5.41) is 16.0. The summed E-state index contributed by atoms with van der Waals surface area (Å²) in [6.45, 7) is 0. The first-order chi connectivity index (χ1) is 12.5. The van der Waals surface area contributed by atoms with E-state index in [4.69, 9.17) is 10.7 Å². The smallest absolute Gasteiger partial charge is 0.225 e. The first-order valence-electron chi connectivity index (χ1n) is 8.87. The van der Waals surface area contributed by atoms with Crippen molar-refractivity contribution in [3.8, 4) is 11.5 Å². The highest BCUT2D eigenvalue weighted by Gasteiger charge is 2.29. The normalized spacial score (nSPS) is 20.5. The zero-order chi connectivity index (χ0) is 18.3. The van der Waals surface area contributed by atoms with E-state index < -0.39 is 12.0 Å². The Hall–Kier alpha value is -2.74. The van der Waals surface area contributed by atoms with Gasteiger partial charge in [0.05, 0.1) is 18.6 Å². The summed E-state index contributed by atoms with van der Waals surface area (Å²) in [6.07, 6.45) is 5.02. The van der Waals surface area contributed by atoms with Gasteiger partial charge in [0.1, 0.15) is 11.3 Å². The van der Waals surface area contributed by atoms with Gasteiger partial charge in [-0.15, -0.1) is 0 Å². The standard InChI is InChI=1S/C18H22N6O2/c1-23-9-8-11-6-7-12(20-17(11)23)18-21-16(10-15(19)26)22-24(18)13-4-2-3-5-14(13)25/h6-9,13-14,25H,2-5,10H2,1H3,(H2,19,26)/t13-,14-/m1/s1. The van der Waals surface area contributed by atoms with Gasteiger partial charge in [-0.1, -0.05) is 12.8 Å². The van der Waals surface area contributed by atoms with Crippen LogP contribution in [0.3, 0.4) is 0 Å². The first kappa shape index (κ1) is 16.7. The van der Waals surface area contributed by atoms with Gasteiger partial charge in [0, 0.05) is 18.6 Å². The van der Waals surface area contributed by atoms with Crippen LogP contribution in [0.25, 0.3) is 22.6 Å². The highest BCUT2D eigenvalue weighted by Crippen LogP contribution is 2.32. The number of aryl methyl sites for hydroxylation is 1. The van der Waals surface area contributed by atoms with E-state index in [1.54, 1.807) is 4.68 Å². The molecule has 3 heterocycles. The summed E-state index contributed by atoms with van der Waals surface area (Å²) in [7, 11) is 1.94. The molecule has 0 unspecified atom stereocenters. The van der Waals surface area contributed by atoms with E-state index in [2.05, 4.69) is 10.1 Å². The molecule has 1 saturated carbocycles. The van der Waals surface area contributed by atoms with E-state index in [1.807, 2.05) is 36.0 Å². The number of fused-ring (bicyclic) bond motifs is 1. The molecule has 3 N–H and O–H groups in total. The van der Waals surface area contributed by atoms with Gasteiger partial charge in [0.15, 0.2) is 11.6 Å². The van der Waals surface area contributed by atoms with Gasteiger partial charge >= 0.3 is 0 Å². The number of carbonyl (C=O) groups is 1. The van der Waals surface area contributed by atoms with Crippen molar-refractivity contribution < 1.29 is 9.90 Å². The molecular weight excluding hydrogens is 332 g/mol. The third-order valence-corrected chi connectivity index (χ3v) is 4.96. The molecule has 0 aliphatic heterocycles. The fourth-order valence-corrected chi connectivity index (χ4v) is 3.64. The van der Waals surface area contributed by atoms with Gasteiger partial charge in [-0.3, -0.25) is 4.79 Å². The lowest BCUT2D eigenvalue weighted by atomic mass is 9.92. The summed E-state index contributed by atoms with van der Waals surface area (Å²) in [5.74, 6) is 0.443. The van der Waals surface area contributed by atoms with Crippen LogP contribution in [0.15, 0.2) is 24.4 Å². The van der Waals surface area contributed by atoms with E-state index in [0.717, 1.165) is 36.7 Å². The minimum absolute atomic E-state index is 0.0325. The maximum absolute atomic E-state index is 11.3. The van der Waals surface area contributed by atoms with E-state index in [1.165, 1.54) is 0 Å². The van der Waals surface area contributed by atoms with Gasteiger partial charge in [-0.05, 0) is 31.0 Å². The zero-order valence-electron chi connectivity index (χ0n) is 14.7. The molecule has 3 aromatic heterocycles. The Labute approximate surface area is 150 Å². The molecule has 1 amide bonds. The van der Waals surface area contributed by atoms with Crippen molar-refractivity contribution in [3.05, 3.63) is 30.2 Å². The van der Waals surface area contributed by atoms with Crippen LogP contribution in [0.5, 0.6) is 0 Å². The predicted molar refractivity (Wildman–Crippen MR) is 96.1 cm³/mol. The lowest BCUT2D eigenvalue weighted by Crippen LogP contribution is -2.29. The maximum atomic E-state index is 11.3. The number of aromatic nitrogens is 5. The monoisotopic (exact) mass is 354 g/mol. The molecule has 3 aromatic rings. The van der Waals surface area contributed by atoms with Gasteiger partial charge in [0.2, 0.25) is 5.91 Å². The van der Waals surface area contributed by atoms with E-state index >= 15 is 0 Å². The topological polar surface area (TPSA) is 112 Å². The summed E-state index contributed by atoms with van der Waals surface area (Å²) in [6, 6.07) is 5.72. The van der Waals surface area contributed by atoms with Crippen LogP contribution >= 0.6 is 0 Å². The highest BCUT2D eigenvalue weighted by atomic mass is 16.3. The van der Waals surface area contributed by atoms with E-state index in [-0.39, 0.29) is 12.5 Å². The Morgan fingerprint density at radius 3 is 2.85 bits per heavy atom. The predicted octanol–water partition coefficient (Wildman–Crippen LogP) is 1.34. The quantitative estimate of drug-likeness (QED) is 0.734. The van der Waals surface area contributed by atoms with Gasteiger partial charge < -0.3 is 15.4 Å². The number of hydrogen-bond donors (Lipinski definition) is 2. The van der Waals surface area contributed by atoms with Gasteiger partial charge in [-0.25, -0.2) is 14.6 Å². The van der Waals surface area contributed by atoms with Crippen molar-refractivity contribution in [2.24, 2.45) is 12.8 Å². The van der Waals surface area contributed by atoms with Crippen LogP contribution in [0.1, 0.15) is 37.5 Å². The zero-order valence-corrected chi connectivity index (χ0v) is 14.7. The molecule has 8 heteroatoms. The minimum Gasteiger partial charge on any atom is -0.391 e. The third kappa shape index (κ3) is 2.96. The van der Waals surface area contributed by atoms with Crippen LogP contribution in [0.2, 0.25) is 0 Å². The molecule has 0 spiro atoms. The minimum atomic E-state index is -0.483. The number of nitrogens with zero attached hydrogens (tertiary/aromatic N) is 5. The van der Waals surface area contributed by atoms with Crippen LogP contribution in [-0.2, 0) is 18.3 Å². The molecule has 26 heavy (non-hydrogen) atoms. The second-order valence-electron chi connectivity index (χ2n) is 6.89. The number of rotatable bonds is 4. The molecule has 0 aromatic carbocycles. The Kier molecular flexibility index (Phi) is 4.20. The van der Waals surface area contributed by atoms with Crippen molar-refractivity contribution in [2.75, 3.05) is 0 Å². The summed E-state index contributed by atoms with van der Waals surface area (Å²) < 4.78 is 3.68. The molecule has 2 atom stereocenters. The second kappa shape index (κ2) is 6.53. The largest absolute Gasteiger partial charge is 0.391 e. The number of nitrogens with two attached hydrogens (primary N) is 1. The summed E-state index contributed by atoms with van der Waals surface area (Å²) in [4.78, 5) is 20.6. The lowest BCUT2D eigenvalue weighted by molar-refractivity contribution is -0.117. The summed E-state index contributed by atoms with van der Waals surface area (Å²) in [5.41, 5.74) is 6.82. The van der Waals surface area contributed by atoms with E-state index in [0.29, 0.717) is 17.3 Å². The van der Waals surface area contributed by atoms with Crippen LogP contribution in [0.4, 0.5) is 0 Å². The average Bonchev–Trinajstić information content (AvgIpc) is 3.18. The number of aliphatic hydroxyl groups is 1. The van der Waals surface area contributed by atoms with Crippen molar-refractivity contribution >= 4 is 16.9 Å². The van der Waals surface area contributed by atoms with Crippen LogP contribution in [-0.4, -0.2) is 41.4 Å². The molecule has 0 bridgehead atoms. The van der Waals surface area contributed by atoms with Gasteiger partial charge in [-0.2, -0.15) is 5.10 Å². The molecule has 1 fully saturated rings. The van der Waals surface area contributed by atoms with Gasteiger partial charge in [0.25, 0.3) is 0 Å². The summed E-state index contributed by atoms with van der Waals surface area (Å²) >= 11 is 0. The first-order valence-corrected chi connectivity index (χ1v) is 8.87. The fourth-order valence-electron chi connectivity index (χ4n) is 3.64. The Morgan fingerprint density at radius 2 is 2.08 bits per heavy atom. The Morgan fingerprint density at radius 1 is 1.27 bits per heavy atom. The number of pyridine rings is 1. The maximum Gasteiger partial charge on any atom is 0.225 e. The molecule has 136 valence electrons. The van der Waals surface area contributed by atoms with Crippen molar-refractivity contribution in [2.45, 2.75) is 44.2 Å². The number of carbonyl (C=O) groups excluding carboxylic acids is 1. The molecule has 0 saturated heterocycles. The lowest BCUT2D eigenvalue weighted by Gasteiger charge is -2.28. The Bertz CT molecular complexity index is 960. The molecule has 0 radical (unpaired) electrons. The van der Waals surface area contributed by atoms with Crippen molar-refractivity contribution in [3.63, 3.8) is 0 Å². The molecule has 1 aliphatic carbocycles. The van der Waals surface area contributed by atoms with Crippen LogP contribution < -0.4 is 5.73 Å². The Balaban J connectivity index is 1.82. The average molecular weight is 354 g/mol. The molecular formula is C18H22N6O2. The third-order valence-electron chi connectivity index (χ3n) is 4.96. The SMILES string of the molecule is Cn1ccc2ccc(-c3nc(CC(N)=O)nn3[C@@H]3CCCC[C@H]3O)nc21. The number of hydrogen-bond acceptors (Lipinski definition) is 5. The number of amides is 1. The molecule has 8 nitrogen and oxygen atoms in total. The fraction of sp³-hybridized carbons (Fsp3) is 0.444. The molecule has 4 rings (SSSR count). The second-order valence-corrected chi connectivity index (χ2v) is 6.89. The highest BCUT2D eigenvalue weighted by molar-refractivity contribution is 5.79. The number of primary amides is 1. The molecule has 1 aliphatic rings.